The quantitative estimate of drug-likeness (QED) is 0.905. The second-order valence-electron chi connectivity index (χ2n) is 5.34. The fourth-order valence-corrected chi connectivity index (χ4v) is 2.66. The molecule has 0 aromatic carbocycles. The molecule has 1 saturated heterocycles. The van der Waals surface area contributed by atoms with E-state index in [9.17, 15) is 4.79 Å². The minimum Gasteiger partial charge on any atom is -0.339 e. The Labute approximate surface area is 139 Å². The van der Waals surface area contributed by atoms with Gasteiger partial charge in [0.25, 0.3) is 5.91 Å². The molecule has 0 bridgehead atoms. The number of hydrogen-bond acceptors (Lipinski definition) is 3. The van der Waals surface area contributed by atoms with E-state index in [0.717, 1.165) is 49.3 Å². The van der Waals surface area contributed by atoms with Gasteiger partial charge in [0.1, 0.15) is 0 Å². The average Bonchev–Trinajstić information content (AvgIpc) is 2.66. The third-order valence-electron chi connectivity index (χ3n) is 3.87. The number of amides is 1. The van der Waals surface area contributed by atoms with Crippen LogP contribution in [-0.4, -0.2) is 42.0 Å². The van der Waals surface area contributed by atoms with Gasteiger partial charge >= 0.3 is 0 Å². The van der Waals surface area contributed by atoms with Crippen molar-refractivity contribution in [3.05, 3.63) is 29.1 Å². The van der Waals surface area contributed by atoms with Gasteiger partial charge in [0.2, 0.25) is 0 Å². The molecular formula is C15H25Cl2N3O. The maximum atomic E-state index is 12.6. The second kappa shape index (κ2) is 9.23. The van der Waals surface area contributed by atoms with Crippen molar-refractivity contribution in [3.63, 3.8) is 0 Å². The zero-order chi connectivity index (χ0) is 13.8. The molecule has 1 unspecified atom stereocenters. The molecule has 6 heteroatoms. The highest BCUT2D eigenvalue weighted by atomic mass is 35.5. The first-order valence-electron chi connectivity index (χ1n) is 7.01. The number of nitrogens with one attached hydrogen (secondary N) is 1. The number of aryl methyl sites for hydroxylation is 2. The van der Waals surface area contributed by atoms with Gasteiger partial charge < -0.3 is 10.2 Å². The molecule has 21 heavy (non-hydrogen) atoms. The monoisotopic (exact) mass is 333 g/mol. The standard InChI is InChI=1S/C15H23N3O.2ClH/c1-11-6-7-14(12(2)17-11)15(19)18(3)13-5-4-9-16-10-8-13;;/h6-7,13,16H,4-5,8-10H2,1-3H3;2*1H. The molecule has 1 aromatic heterocycles. The van der Waals surface area contributed by atoms with Crippen molar-refractivity contribution in [3.8, 4) is 0 Å². The number of carbonyl (C=O) groups is 1. The molecule has 1 N–H and O–H groups in total. The van der Waals surface area contributed by atoms with Crippen LogP contribution in [0.25, 0.3) is 0 Å². The summed E-state index contributed by atoms with van der Waals surface area (Å²) < 4.78 is 0. The Bertz CT molecular complexity index is 460. The van der Waals surface area contributed by atoms with Gasteiger partial charge in [-0.05, 0) is 58.3 Å². The van der Waals surface area contributed by atoms with E-state index in [0.29, 0.717) is 6.04 Å². The van der Waals surface area contributed by atoms with Crippen molar-refractivity contribution in [2.45, 2.75) is 39.2 Å². The van der Waals surface area contributed by atoms with Crippen molar-refractivity contribution in [2.24, 2.45) is 0 Å². The van der Waals surface area contributed by atoms with Gasteiger partial charge in [0.05, 0.1) is 11.3 Å². The van der Waals surface area contributed by atoms with E-state index in [1.54, 1.807) is 0 Å². The van der Waals surface area contributed by atoms with Crippen molar-refractivity contribution in [2.75, 3.05) is 20.1 Å². The Morgan fingerprint density at radius 1 is 1.24 bits per heavy atom. The molecule has 0 aliphatic carbocycles. The van der Waals surface area contributed by atoms with Gasteiger partial charge in [-0.25, -0.2) is 0 Å². The van der Waals surface area contributed by atoms with Gasteiger partial charge in [0, 0.05) is 18.8 Å². The van der Waals surface area contributed by atoms with Crippen LogP contribution >= 0.6 is 24.8 Å². The number of aromatic nitrogens is 1. The molecule has 120 valence electrons. The van der Waals surface area contributed by atoms with E-state index in [2.05, 4.69) is 10.3 Å². The lowest BCUT2D eigenvalue weighted by Gasteiger charge is -2.27. The normalized spacial score (nSPS) is 18.0. The molecule has 1 aromatic rings. The summed E-state index contributed by atoms with van der Waals surface area (Å²) in [4.78, 5) is 18.8. The number of rotatable bonds is 2. The van der Waals surface area contributed by atoms with Crippen LogP contribution in [0.15, 0.2) is 12.1 Å². The molecular weight excluding hydrogens is 309 g/mol. The summed E-state index contributed by atoms with van der Waals surface area (Å²) in [5.41, 5.74) is 2.50. The predicted molar refractivity (Wildman–Crippen MR) is 90.8 cm³/mol. The van der Waals surface area contributed by atoms with Crippen molar-refractivity contribution in [1.29, 1.82) is 0 Å². The van der Waals surface area contributed by atoms with Crippen LogP contribution in [0.4, 0.5) is 0 Å². The summed E-state index contributed by atoms with van der Waals surface area (Å²) >= 11 is 0. The van der Waals surface area contributed by atoms with Gasteiger partial charge in [-0.1, -0.05) is 0 Å². The molecule has 1 aliphatic rings. The Balaban J connectivity index is 0.00000200. The lowest BCUT2D eigenvalue weighted by Crippen LogP contribution is -2.38. The molecule has 1 fully saturated rings. The summed E-state index contributed by atoms with van der Waals surface area (Å²) in [6.45, 7) is 5.90. The van der Waals surface area contributed by atoms with Crippen LogP contribution in [0, 0.1) is 13.8 Å². The number of nitrogens with zero attached hydrogens (tertiary/aromatic N) is 2. The second-order valence-corrected chi connectivity index (χ2v) is 5.34. The van der Waals surface area contributed by atoms with Gasteiger partial charge in [-0.3, -0.25) is 9.78 Å². The minimum absolute atomic E-state index is 0. The van der Waals surface area contributed by atoms with E-state index in [1.807, 2.05) is 37.9 Å². The molecule has 0 radical (unpaired) electrons. The number of hydrogen-bond donors (Lipinski definition) is 1. The number of carbonyl (C=O) groups excluding carboxylic acids is 1. The van der Waals surface area contributed by atoms with Crippen LogP contribution < -0.4 is 5.32 Å². The average molecular weight is 334 g/mol. The highest BCUT2D eigenvalue weighted by molar-refractivity contribution is 5.95. The Hall–Kier alpha value is -0.840. The fourth-order valence-electron chi connectivity index (χ4n) is 2.66. The maximum absolute atomic E-state index is 12.6. The Kier molecular flexibility index (Phi) is 8.86. The van der Waals surface area contributed by atoms with E-state index in [-0.39, 0.29) is 30.7 Å². The fraction of sp³-hybridized carbons (Fsp3) is 0.600. The first kappa shape index (κ1) is 20.2. The van der Waals surface area contributed by atoms with Crippen LogP contribution in [0.5, 0.6) is 0 Å². The van der Waals surface area contributed by atoms with Crippen molar-refractivity contribution < 1.29 is 4.79 Å². The van der Waals surface area contributed by atoms with E-state index in [1.165, 1.54) is 0 Å². The third kappa shape index (κ3) is 5.13. The Morgan fingerprint density at radius 3 is 2.62 bits per heavy atom. The molecule has 0 spiro atoms. The minimum atomic E-state index is 0. The topological polar surface area (TPSA) is 45.2 Å². The van der Waals surface area contributed by atoms with Gasteiger partial charge in [0.15, 0.2) is 0 Å². The van der Waals surface area contributed by atoms with E-state index < -0.39 is 0 Å². The summed E-state index contributed by atoms with van der Waals surface area (Å²) in [7, 11) is 1.91. The lowest BCUT2D eigenvalue weighted by molar-refractivity contribution is 0.0719. The molecule has 2 rings (SSSR count). The summed E-state index contributed by atoms with van der Waals surface area (Å²) in [6, 6.07) is 4.14. The molecule has 1 atom stereocenters. The molecule has 4 nitrogen and oxygen atoms in total. The molecule has 1 amide bonds. The van der Waals surface area contributed by atoms with E-state index >= 15 is 0 Å². The van der Waals surface area contributed by atoms with Crippen LogP contribution in [0.3, 0.4) is 0 Å². The summed E-state index contributed by atoms with van der Waals surface area (Å²) in [5, 5.41) is 3.38. The van der Waals surface area contributed by atoms with Crippen LogP contribution in [0.1, 0.15) is 41.0 Å². The molecule has 1 aliphatic heterocycles. The smallest absolute Gasteiger partial charge is 0.255 e. The molecule has 2 heterocycles. The zero-order valence-electron chi connectivity index (χ0n) is 12.9. The predicted octanol–water partition coefficient (Wildman–Crippen LogP) is 2.76. The first-order valence-corrected chi connectivity index (χ1v) is 7.01. The maximum Gasteiger partial charge on any atom is 0.255 e. The number of pyridine rings is 1. The zero-order valence-corrected chi connectivity index (χ0v) is 14.5. The number of halogens is 2. The first-order chi connectivity index (χ1) is 9.09. The van der Waals surface area contributed by atoms with Gasteiger partial charge in [-0.15, -0.1) is 24.8 Å². The Morgan fingerprint density at radius 2 is 1.95 bits per heavy atom. The van der Waals surface area contributed by atoms with Crippen molar-refractivity contribution >= 4 is 30.7 Å². The molecule has 0 saturated carbocycles. The highest BCUT2D eigenvalue weighted by Crippen LogP contribution is 2.16. The van der Waals surface area contributed by atoms with Gasteiger partial charge in [-0.2, -0.15) is 0 Å². The van der Waals surface area contributed by atoms with Crippen LogP contribution in [-0.2, 0) is 0 Å². The summed E-state index contributed by atoms with van der Waals surface area (Å²) in [6.07, 6.45) is 3.24. The van der Waals surface area contributed by atoms with E-state index in [4.69, 9.17) is 0 Å². The summed E-state index contributed by atoms with van der Waals surface area (Å²) in [5.74, 6) is 0.0944. The SMILES string of the molecule is Cc1ccc(C(=O)N(C)C2CCCNCC2)c(C)n1.Cl.Cl. The highest BCUT2D eigenvalue weighted by Gasteiger charge is 2.23. The van der Waals surface area contributed by atoms with Crippen LogP contribution in [0.2, 0.25) is 0 Å². The lowest BCUT2D eigenvalue weighted by atomic mass is 10.1. The van der Waals surface area contributed by atoms with Crippen molar-refractivity contribution in [1.82, 2.24) is 15.2 Å². The largest absolute Gasteiger partial charge is 0.339 e. The third-order valence-corrected chi connectivity index (χ3v) is 3.87.